The van der Waals surface area contributed by atoms with Gasteiger partial charge in [0.25, 0.3) is 0 Å². The fourth-order valence-corrected chi connectivity index (χ4v) is 5.29. The third-order valence-electron chi connectivity index (χ3n) is 7.08. The topological polar surface area (TPSA) is 77.5 Å². The van der Waals surface area contributed by atoms with Gasteiger partial charge in [-0.25, -0.2) is 0 Å². The van der Waals surface area contributed by atoms with Crippen molar-refractivity contribution in [3.63, 3.8) is 0 Å². The van der Waals surface area contributed by atoms with Crippen LogP contribution in [-0.2, 0) is 23.7 Å². The Labute approximate surface area is 194 Å². The van der Waals surface area contributed by atoms with E-state index in [1.165, 1.54) is 12.7 Å². The highest BCUT2D eigenvalue weighted by molar-refractivity contribution is 5.69. The molecule has 1 N–H and O–H groups in total. The predicted octanol–water partition coefficient (Wildman–Crippen LogP) is 4.45. The fraction of sp³-hybridized carbons (Fsp3) is 0.808. The molecule has 2 aliphatic heterocycles. The number of aliphatic hydroxyl groups is 1. The molecule has 2 fully saturated rings. The lowest BCUT2D eigenvalue weighted by atomic mass is 9.85. The first-order valence-electron chi connectivity index (χ1n) is 12.0. The quantitative estimate of drug-likeness (QED) is 0.283. The van der Waals surface area contributed by atoms with Gasteiger partial charge in [-0.05, 0) is 57.4 Å². The number of aliphatic hydroxyl groups excluding tert-OH is 1. The van der Waals surface area contributed by atoms with Crippen molar-refractivity contribution >= 4 is 5.97 Å². The highest BCUT2D eigenvalue weighted by Gasteiger charge is 2.56. The predicted molar refractivity (Wildman–Crippen MR) is 125 cm³/mol. The number of carbonyl (C=O) groups excluding carboxylic acids is 1. The number of methoxy groups -OCH3 is 2. The molecule has 6 nitrogen and oxygen atoms in total. The first-order chi connectivity index (χ1) is 15.0. The van der Waals surface area contributed by atoms with E-state index in [0.29, 0.717) is 18.3 Å². The third-order valence-corrected chi connectivity index (χ3v) is 7.08. The van der Waals surface area contributed by atoms with Crippen LogP contribution in [0.15, 0.2) is 23.8 Å². The standard InChI is InChI=1S/C26H44O6/c1-16(15-26(6)25(32-26)19(4)24(30-8)20(5)27)10-9-11-17(2)23-18(3)12-13-21(31-23)14-22(28)29-7/h9-11,16,18-21,23-25,27H,12-15H2,1-8H3/t16-,18+,19-,20?,21-,23-,24-,25-,26?/m1/s1. The zero-order chi connectivity index (χ0) is 24.1. The van der Waals surface area contributed by atoms with E-state index in [2.05, 4.69) is 52.8 Å². The molecule has 184 valence electrons. The van der Waals surface area contributed by atoms with Gasteiger partial charge in [-0.2, -0.15) is 0 Å². The van der Waals surface area contributed by atoms with Crippen molar-refractivity contribution in [2.75, 3.05) is 14.2 Å². The highest BCUT2D eigenvalue weighted by atomic mass is 16.6. The van der Waals surface area contributed by atoms with Gasteiger partial charge in [-0.3, -0.25) is 4.79 Å². The molecule has 2 saturated heterocycles. The molecule has 0 spiro atoms. The minimum atomic E-state index is -0.523. The van der Waals surface area contributed by atoms with Crippen LogP contribution < -0.4 is 0 Å². The zero-order valence-electron chi connectivity index (χ0n) is 21.2. The number of esters is 1. The molecule has 2 heterocycles. The lowest BCUT2D eigenvalue weighted by molar-refractivity contribution is -0.147. The van der Waals surface area contributed by atoms with Gasteiger partial charge < -0.3 is 24.1 Å². The van der Waals surface area contributed by atoms with E-state index in [9.17, 15) is 9.90 Å². The van der Waals surface area contributed by atoms with Gasteiger partial charge in [0.2, 0.25) is 0 Å². The van der Waals surface area contributed by atoms with E-state index in [1.54, 1.807) is 14.0 Å². The van der Waals surface area contributed by atoms with Gasteiger partial charge in [0, 0.05) is 13.0 Å². The second-order valence-electron chi connectivity index (χ2n) is 10.1. The molecule has 2 aliphatic rings. The van der Waals surface area contributed by atoms with Gasteiger partial charge in [-0.15, -0.1) is 0 Å². The van der Waals surface area contributed by atoms with Crippen molar-refractivity contribution in [3.05, 3.63) is 23.8 Å². The molecule has 0 aromatic heterocycles. The summed E-state index contributed by atoms with van der Waals surface area (Å²) in [5.41, 5.74) is 0.992. The number of allylic oxidation sites excluding steroid dienone is 3. The molecule has 2 rings (SSSR count). The number of epoxide rings is 1. The highest BCUT2D eigenvalue weighted by Crippen LogP contribution is 2.47. The summed E-state index contributed by atoms with van der Waals surface area (Å²) in [4.78, 5) is 11.6. The van der Waals surface area contributed by atoms with E-state index in [1.807, 2.05) is 0 Å². The Bertz CT molecular complexity index is 671. The number of hydrogen-bond acceptors (Lipinski definition) is 6. The van der Waals surface area contributed by atoms with Gasteiger partial charge in [0.05, 0.1) is 49.7 Å². The van der Waals surface area contributed by atoms with Crippen molar-refractivity contribution in [2.24, 2.45) is 17.8 Å². The van der Waals surface area contributed by atoms with Crippen LogP contribution in [0, 0.1) is 17.8 Å². The molecular formula is C26H44O6. The lowest BCUT2D eigenvalue weighted by Crippen LogP contribution is -2.36. The van der Waals surface area contributed by atoms with Crippen LogP contribution in [0.5, 0.6) is 0 Å². The van der Waals surface area contributed by atoms with Gasteiger partial charge >= 0.3 is 5.97 Å². The molecule has 2 unspecified atom stereocenters. The molecule has 0 amide bonds. The molecule has 9 atom stereocenters. The monoisotopic (exact) mass is 452 g/mol. The molecule has 0 radical (unpaired) electrons. The Morgan fingerprint density at radius 3 is 2.53 bits per heavy atom. The maximum atomic E-state index is 11.6. The first-order valence-corrected chi connectivity index (χ1v) is 12.0. The van der Waals surface area contributed by atoms with Crippen molar-refractivity contribution < 1.29 is 28.8 Å². The number of carbonyl (C=O) groups is 1. The van der Waals surface area contributed by atoms with Gasteiger partial charge in [-0.1, -0.05) is 39.0 Å². The lowest BCUT2D eigenvalue weighted by Gasteiger charge is -2.35. The summed E-state index contributed by atoms with van der Waals surface area (Å²) in [6.07, 6.45) is 8.92. The average Bonchev–Trinajstić information content (AvgIpc) is 3.39. The fourth-order valence-electron chi connectivity index (χ4n) is 5.29. The van der Waals surface area contributed by atoms with Crippen LogP contribution in [0.1, 0.15) is 67.2 Å². The van der Waals surface area contributed by atoms with Crippen LogP contribution >= 0.6 is 0 Å². The maximum absolute atomic E-state index is 11.6. The molecule has 0 aromatic rings. The van der Waals surface area contributed by atoms with Crippen molar-refractivity contribution in [3.8, 4) is 0 Å². The first kappa shape index (κ1) is 27.0. The normalized spacial score (nSPS) is 34.7. The summed E-state index contributed by atoms with van der Waals surface area (Å²) in [5.74, 6) is 0.693. The minimum absolute atomic E-state index is 0.0272. The smallest absolute Gasteiger partial charge is 0.308 e. The van der Waals surface area contributed by atoms with Crippen molar-refractivity contribution in [1.82, 2.24) is 0 Å². The summed E-state index contributed by atoms with van der Waals surface area (Å²) < 4.78 is 22.5. The summed E-state index contributed by atoms with van der Waals surface area (Å²) in [6, 6.07) is 0. The molecule has 32 heavy (non-hydrogen) atoms. The third kappa shape index (κ3) is 7.14. The summed E-state index contributed by atoms with van der Waals surface area (Å²) in [6.45, 7) is 12.5. The van der Waals surface area contributed by atoms with Gasteiger partial charge in [0.1, 0.15) is 0 Å². The van der Waals surface area contributed by atoms with Crippen LogP contribution in [0.25, 0.3) is 0 Å². The maximum Gasteiger partial charge on any atom is 0.308 e. The van der Waals surface area contributed by atoms with Crippen LogP contribution in [-0.4, -0.2) is 61.4 Å². The Balaban J connectivity index is 1.89. The largest absolute Gasteiger partial charge is 0.469 e. The molecule has 0 aliphatic carbocycles. The Morgan fingerprint density at radius 2 is 1.94 bits per heavy atom. The SMILES string of the molecule is COC(=O)C[C@H]1CC[C@H](C)[C@@H](C(C)=CC=C[C@@H](C)CC2(C)O[C@@H]2[C@H](C)[C@@H](OC)C(C)O)O1. The number of hydrogen-bond donors (Lipinski definition) is 1. The van der Waals surface area contributed by atoms with Crippen molar-refractivity contribution in [2.45, 2.75) is 103 Å². The van der Waals surface area contributed by atoms with Crippen LogP contribution in [0.2, 0.25) is 0 Å². The summed E-state index contributed by atoms with van der Waals surface area (Å²) >= 11 is 0. The van der Waals surface area contributed by atoms with Gasteiger partial charge in [0.15, 0.2) is 0 Å². The number of rotatable bonds is 11. The summed E-state index contributed by atoms with van der Waals surface area (Å²) in [5, 5.41) is 9.95. The molecular weight excluding hydrogens is 408 g/mol. The second kappa shape index (κ2) is 11.8. The molecule has 6 heteroatoms. The number of ether oxygens (including phenoxy) is 4. The van der Waals surface area contributed by atoms with E-state index in [4.69, 9.17) is 18.9 Å². The van der Waals surface area contributed by atoms with Crippen LogP contribution in [0.4, 0.5) is 0 Å². The van der Waals surface area contributed by atoms with Crippen molar-refractivity contribution in [1.29, 1.82) is 0 Å². The van der Waals surface area contributed by atoms with E-state index < -0.39 is 6.10 Å². The Kier molecular flexibility index (Phi) is 9.95. The Hall–Kier alpha value is -1.21. The molecule has 0 aromatic carbocycles. The minimum Gasteiger partial charge on any atom is -0.469 e. The average molecular weight is 453 g/mol. The van der Waals surface area contributed by atoms with Crippen LogP contribution in [0.3, 0.4) is 0 Å². The second-order valence-corrected chi connectivity index (χ2v) is 10.1. The van der Waals surface area contributed by atoms with E-state index >= 15 is 0 Å². The van der Waals surface area contributed by atoms with E-state index in [-0.39, 0.29) is 41.9 Å². The summed E-state index contributed by atoms with van der Waals surface area (Å²) in [7, 11) is 3.06. The Morgan fingerprint density at radius 1 is 1.25 bits per heavy atom. The molecule has 0 bridgehead atoms. The molecule has 0 saturated carbocycles. The zero-order valence-corrected chi connectivity index (χ0v) is 21.2. The van der Waals surface area contributed by atoms with E-state index in [0.717, 1.165) is 19.3 Å².